The Hall–Kier alpha value is -2.79. The highest BCUT2D eigenvalue weighted by Gasteiger charge is 2.45. The first-order valence-electron chi connectivity index (χ1n) is 12.1. The van der Waals surface area contributed by atoms with Crippen molar-refractivity contribution in [2.75, 3.05) is 32.1 Å². The van der Waals surface area contributed by atoms with Crippen LogP contribution >= 0.6 is 0 Å². The zero-order chi connectivity index (χ0) is 23.5. The topological polar surface area (TPSA) is 113 Å². The highest BCUT2D eigenvalue weighted by Crippen LogP contribution is 2.33. The fourth-order valence-corrected chi connectivity index (χ4v) is 5.45. The van der Waals surface area contributed by atoms with Crippen LogP contribution in [0.15, 0.2) is 42.7 Å². The van der Waals surface area contributed by atoms with E-state index in [0.29, 0.717) is 37.3 Å². The Labute approximate surface area is 199 Å². The molecule has 3 heterocycles. The molecule has 5 unspecified atom stereocenters. The van der Waals surface area contributed by atoms with E-state index >= 15 is 0 Å². The van der Waals surface area contributed by atoms with Gasteiger partial charge in [0.05, 0.1) is 25.0 Å². The molecule has 3 aliphatic rings. The van der Waals surface area contributed by atoms with E-state index in [4.69, 9.17) is 4.74 Å². The SMILES string of the molecule is CNC(=O)C1NNC2CC(N3CCOC(C(=O)Nc4cnn(Cc5ccccc5)c4)C3)CCC21. The average molecular weight is 468 g/mol. The first-order chi connectivity index (χ1) is 16.6. The van der Waals surface area contributed by atoms with E-state index in [1.807, 2.05) is 41.2 Å². The maximum atomic E-state index is 12.9. The van der Waals surface area contributed by atoms with Crippen molar-refractivity contribution >= 4 is 17.5 Å². The van der Waals surface area contributed by atoms with Gasteiger partial charge in [0.2, 0.25) is 5.91 Å². The first kappa shape index (κ1) is 23.0. The number of nitrogens with zero attached hydrogens (tertiary/aromatic N) is 3. The number of hydrogen-bond donors (Lipinski definition) is 4. The summed E-state index contributed by atoms with van der Waals surface area (Å²) in [6.45, 7) is 2.56. The van der Waals surface area contributed by atoms with Crippen molar-refractivity contribution in [2.45, 2.75) is 50.0 Å². The molecule has 10 heteroatoms. The maximum Gasteiger partial charge on any atom is 0.254 e. The van der Waals surface area contributed by atoms with E-state index in [-0.39, 0.29) is 23.9 Å². The lowest BCUT2D eigenvalue weighted by molar-refractivity contribution is -0.135. The molecule has 2 saturated heterocycles. The smallest absolute Gasteiger partial charge is 0.254 e. The van der Waals surface area contributed by atoms with E-state index in [1.165, 1.54) is 0 Å². The summed E-state index contributed by atoms with van der Waals surface area (Å²) in [4.78, 5) is 27.4. The van der Waals surface area contributed by atoms with Crippen molar-refractivity contribution in [2.24, 2.45) is 5.92 Å². The number of hydrogen-bond acceptors (Lipinski definition) is 7. The molecule has 2 amide bonds. The highest BCUT2D eigenvalue weighted by molar-refractivity contribution is 5.94. The fourth-order valence-electron chi connectivity index (χ4n) is 5.45. The Kier molecular flexibility index (Phi) is 6.91. The lowest BCUT2D eigenvalue weighted by Gasteiger charge is -2.42. The fraction of sp³-hybridized carbons (Fsp3) is 0.542. The van der Waals surface area contributed by atoms with E-state index in [9.17, 15) is 9.59 Å². The summed E-state index contributed by atoms with van der Waals surface area (Å²) in [6.07, 6.45) is 5.93. The number of aromatic nitrogens is 2. The summed E-state index contributed by atoms with van der Waals surface area (Å²) in [7, 11) is 1.68. The minimum Gasteiger partial charge on any atom is -0.366 e. The van der Waals surface area contributed by atoms with Crippen molar-refractivity contribution in [3.05, 3.63) is 48.3 Å². The number of rotatable bonds is 6. The minimum absolute atomic E-state index is 0.0358. The number of carbonyl (C=O) groups is 2. The molecule has 182 valence electrons. The van der Waals surface area contributed by atoms with Gasteiger partial charge in [-0.15, -0.1) is 0 Å². The highest BCUT2D eigenvalue weighted by atomic mass is 16.5. The van der Waals surface area contributed by atoms with E-state index in [0.717, 1.165) is 31.4 Å². The Morgan fingerprint density at radius 3 is 2.85 bits per heavy atom. The second-order valence-corrected chi connectivity index (χ2v) is 9.37. The molecular formula is C24H33N7O3. The molecule has 1 saturated carbocycles. The molecule has 1 aromatic heterocycles. The van der Waals surface area contributed by atoms with E-state index in [1.54, 1.807) is 13.2 Å². The maximum absolute atomic E-state index is 12.9. The molecule has 2 aromatic rings. The number of anilines is 1. The van der Waals surface area contributed by atoms with Gasteiger partial charge in [0.1, 0.15) is 12.1 Å². The molecule has 5 rings (SSSR count). The monoisotopic (exact) mass is 467 g/mol. The van der Waals surface area contributed by atoms with Crippen molar-refractivity contribution in [3.8, 4) is 0 Å². The summed E-state index contributed by atoms with van der Waals surface area (Å²) in [5.74, 6) is 0.190. The third-order valence-corrected chi connectivity index (χ3v) is 7.25. The number of likely N-dealkylation sites (N-methyl/N-ethyl adjacent to an activating group) is 1. The standard InChI is InChI=1S/C24H33N7O3/c1-25-24(33)22-19-8-7-18(11-20(19)28-29-22)30-9-10-34-21(15-30)23(32)27-17-12-26-31(14-17)13-16-5-3-2-4-6-16/h2-6,12,14,18-22,28-29H,7-11,13,15H2,1H3,(H,25,33)(H,27,32). The van der Waals surface area contributed by atoms with Gasteiger partial charge in [-0.25, -0.2) is 5.43 Å². The summed E-state index contributed by atoms with van der Waals surface area (Å²) in [5, 5.41) is 10.1. The molecule has 10 nitrogen and oxygen atoms in total. The van der Waals surface area contributed by atoms with Crippen LogP contribution in [-0.4, -0.2) is 77.5 Å². The summed E-state index contributed by atoms with van der Waals surface area (Å²) >= 11 is 0. The van der Waals surface area contributed by atoms with E-state index < -0.39 is 6.10 Å². The van der Waals surface area contributed by atoms with Crippen LogP contribution in [0.4, 0.5) is 5.69 Å². The lowest BCUT2D eigenvalue weighted by Crippen LogP contribution is -2.54. The van der Waals surface area contributed by atoms with Gasteiger partial charge in [-0.1, -0.05) is 30.3 Å². The third kappa shape index (κ3) is 5.00. The van der Waals surface area contributed by atoms with Crippen molar-refractivity contribution in [3.63, 3.8) is 0 Å². The van der Waals surface area contributed by atoms with Crippen molar-refractivity contribution in [1.29, 1.82) is 0 Å². The number of ether oxygens (including phenoxy) is 1. The molecule has 34 heavy (non-hydrogen) atoms. The van der Waals surface area contributed by atoms with Crippen molar-refractivity contribution < 1.29 is 14.3 Å². The number of carbonyl (C=O) groups excluding carboxylic acids is 2. The Bertz CT molecular complexity index is 997. The van der Waals surface area contributed by atoms with Gasteiger partial charge in [-0.05, 0) is 24.8 Å². The molecule has 3 fully saturated rings. The molecule has 4 N–H and O–H groups in total. The summed E-state index contributed by atoms with van der Waals surface area (Å²) in [6, 6.07) is 10.5. The predicted octanol–water partition coefficient (Wildman–Crippen LogP) is 0.330. The Balaban J connectivity index is 1.14. The average Bonchev–Trinajstić information content (AvgIpc) is 3.50. The number of amides is 2. The summed E-state index contributed by atoms with van der Waals surface area (Å²) in [5.41, 5.74) is 8.31. The first-order valence-corrected chi connectivity index (χ1v) is 12.1. The Morgan fingerprint density at radius 1 is 1.18 bits per heavy atom. The van der Waals surface area contributed by atoms with Crippen LogP contribution in [0.2, 0.25) is 0 Å². The molecule has 5 atom stereocenters. The van der Waals surface area contributed by atoms with Crippen LogP contribution in [-0.2, 0) is 20.9 Å². The number of hydrazine groups is 1. The normalized spacial score (nSPS) is 29.4. The van der Waals surface area contributed by atoms with Crippen LogP contribution in [0, 0.1) is 5.92 Å². The third-order valence-electron chi connectivity index (χ3n) is 7.25. The van der Waals surface area contributed by atoms with Gasteiger partial charge in [-0.3, -0.25) is 24.6 Å². The number of morpholine rings is 1. The van der Waals surface area contributed by atoms with Crippen LogP contribution in [0.5, 0.6) is 0 Å². The van der Waals surface area contributed by atoms with Gasteiger partial charge in [-0.2, -0.15) is 5.10 Å². The van der Waals surface area contributed by atoms with Crippen molar-refractivity contribution in [1.82, 2.24) is 30.8 Å². The quantitative estimate of drug-likeness (QED) is 0.484. The largest absolute Gasteiger partial charge is 0.366 e. The second-order valence-electron chi connectivity index (χ2n) is 9.37. The van der Waals surface area contributed by atoms with Crippen LogP contribution in [0.25, 0.3) is 0 Å². The van der Waals surface area contributed by atoms with Gasteiger partial charge in [0.25, 0.3) is 5.91 Å². The second kappa shape index (κ2) is 10.2. The van der Waals surface area contributed by atoms with Gasteiger partial charge >= 0.3 is 0 Å². The zero-order valence-corrected chi connectivity index (χ0v) is 19.4. The number of benzene rings is 1. The zero-order valence-electron chi connectivity index (χ0n) is 19.4. The Morgan fingerprint density at radius 2 is 2.03 bits per heavy atom. The number of fused-ring (bicyclic) bond motifs is 1. The molecule has 2 aliphatic heterocycles. The van der Waals surface area contributed by atoms with E-state index in [2.05, 4.69) is 31.5 Å². The van der Waals surface area contributed by atoms with Crippen LogP contribution < -0.4 is 21.5 Å². The molecule has 0 radical (unpaired) electrons. The van der Waals surface area contributed by atoms with Crippen LogP contribution in [0.1, 0.15) is 24.8 Å². The van der Waals surface area contributed by atoms with Gasteiger partial charge in [0, 0.05) is 44.3 Å². The number of nitrogens with one attached hydrogen (secondary N) is 4. The molecule has 1 aliphatic carbocycles. The molecule has 0 bridgehead atoms. The van der Waals surface area contributed by atoms with Crippen LogP contribution in [0.3, 0.4) is 0 Å². The molecule has 0 spiro atoms. The summed E-state index contributed by atoms with van der Waals surface area (Å²) < 4.78 is 7.64. The molecule has 1 aromatic carbocycles. The lowest BCUT2D eigenvalue weighted by atomic mass is 9.78. The molecular weight excluding hydrogens is 434 g/mol. The van der Waals surface area contributed by atoms with Gasteiger partial charge in [0.15, 0.2) is 0 Å². The van der Waals surface area contributed by atoms with Gasteiger partial charge < -0.3 is 15.4 Å². The predicted molar refractivity (Wildman–Crippen MR) is 127 cm³/mol. The minimum atomic E-state index is -0.516.